The van der Waals surface area contributed by atoms with Crippen molar-refractivity contribution in [2.24, 2.45) is 11.5 Å². The summed E-state index contributed by atoms with van der Waals surface area (Å²) >= 11 is 3.52. The van der Waals surface area contributed by atoms with E-state index in [1.54, 1.807) is 0 Å². The molecule has 0 radical (unpaired) electrons. The maximum atomic E-state index is 5.65. The third-order valence-electron chi connectivity index (χ3n) is 2.25. The number of fused-ring (bicyclic) bond motifs is 1. The van der Waals surface area contributed by atoms with Crippen LogP contribution in [0.5, 0.6) is 0 Å². The molecule has 0 atom stereocenters. The van der Waals surface area contributed by atoms with Gasteiger partial charge in [0.05, 0.1) is 6.17 Å². The number of rotatable bonds is 1. The minimum absolute atomic E-state index is 0.436. The number of nitrogens with two attached hydrogens (primary N) is 2. The number of benzene rings is 2. The van der Waals surface area contributed by atoms with E-state index in [9.17, 15) is 0 Å². The predicted octanol–water partition coefficient (Wildman–Crippen LogP) is 2.52. The van der Waals surface area contributed by atoms with Gasteiger partial charge in [-0.15, -0.1) is 0 Å². The van der Waals surface area contributed by atoms with E-state index in [0.29, 0.717) is 0 Å². The fraction of sp³-hybridized carbons (Fsp3) is 0.0909. The Bertz CT molecular complexity index is 466. The van der Waals surface area contributed by atoms with Gasteiger partial charge in [-0.25, -0.2) is 0 Å². The van der Waals surface area contributed by atoms with E-state index in [-0.39, 0.29) is 0 Å². The van der Waals surface area contributed by atoms with Crippen LogP contribution < -0.4 is 11.5 Å². The summed E-state index contributed by atoms with van der Waals surface area (Å²) in [5.74, 6) is 0. The fourth-order valence-corrected chi connectivity index (χ4v) is 2.27. The normalized spacial score (nSPS) is 11.1. The third kappa shape index (κ3) is 1.54. The van der Waals surface area contributed by atoms with Crippen molar-refractivity contribution < 1.29 is 0 Å². The second-order valence-electron chi connectivity index (χ2n) is 3.22. The summed E-state index contributed by atoms with van der Waals surface area (Å²) < 4.78 is 0.991. The van der Waals surface area contributed by atoms with Crippen LogP contribution in [0.1, 0.15) is 11.7 Å². The van der Waals surface area contributed by atoms with Gasteiger partial charge in [0.1, 0.15) is 0 Å². The van der Waals surface area contributed by atoms with E-state index in [1.807, 2.05) is 30.3 Å². The molecule has 0 saturated heterocycles. The minimum atomic E-state index is -0.436. The summed E-state index contributed by atoms with van der Waals surface area (Å²) in [6.45, 7) is 0. The zero-order chi connectivity index (χ0) is 10.1. The quantitative estimate of drug-likeness (QED) is 0.765. The lowest BCUT2D eigenvalue weighted by molar-refractivity contribution is 0.771. The van der Waals surface area contributed by atoms with Gasteiger partial charge in [0.25, 0.3) is 0 Å². The number of halogens is 1. The Balaban J connectivity index is 2.75. The second kappa shape index (κ2) is 3.69. The molecule has 2 nitrogen and oxygen atoms in total. The Hall–Kier alpha value is -0.900. The minimum Gasteiger partial charge on any atom is -0.312 e. The topological polar surface area (TPSA) is 52.0 Å². The highest BCUT2D eigenvalue weighted by molar-refractivity contribution is 9.10. The zero-order valence-corrected chi connectivity index (χ0v) is 9.16. The average Bonchev–Trinajstić information content (AvgIpc) is 2.18. The molecule has 0 aromatic heterocycles. The maximum absolute atomic E-state index is 5.65. The van der Waals surface area contributed by atoms with Crippen molar-refractivity contribution in [1.82, 2.24) is 0 Å². The van der Waals surface area contributed by atoms with Gasteiger partial charge in [0.2, 0.25) is 0 Å². The van der Waals surface area contributed by atoms with Gasteiger partial charge in [0, 0.05) is 4.47 Å². The van der Waals surface area contributed by atoms with Crippen LogP contribution in [0, 0.1) is 0 Å². The van der Waals surface area contributed by atoms with Crippen LogP contribution in [0.4, 0.5) is 0 Å². The van der Waals surface area contributed by atoms with E-state index >= 15 is 0 Å². The Kier molecular flexibility index (Phi) is 2.54. The molecule has 2 aromatic rings. The molecule has 0 bridgehead atoms. The van der Waals surface area contributed by atoms with Gasteiger partial charge in [-0.1, -0.05) is 36.4 Å². The Morgan fingerprint density at radius 2 is 1.71 bits per heavy atom. The van der Waals surface area contributed by atoms with Crippen LogP contribution in [-0.4, -0.2) is 0 Å². The van der Waals surface area contributed by atoms with Gasteiger partial charge in [-0.3, -0.25) is 0 Å². The first-order valence-electron chi connectivity index (χ1n) is 4.38. The molecule has 0 aliphatic carbocycles. The molecule has 2 rings (SSSR count). The maximum Gasteiger partial charge on any atom is 0.0795 e. The van der Waals surface area contributed by atoms with E-state index in [2.05, 4.69) is 22.0 Å². The number of hydrogen-bond donors (Lipinski definition) is 2. The smallest absolute Gasteiger partial charge is 0.0795 e. The van der Waals surface area contributed by atoms with Crippen molar-refractivity contribution in [2.45, 2.75) is 6.17 Å². The van der Waals surface area contributed by atoms with Gasteiger partial charge in [0.15, 0.2) is 0 Å². The molecule has 0 spiro atoms. The van der Waals surface area contributed by atoms with Crippen LogP contribution in [0.15, 0.2) is 40.9 Å². The molecule has 3 heteroatoms. The highest BCUT2D eigenvalue weighted by Crippen LogP contribution is 2.29. The molecule has 2 aromatic carbocycles. The summed E-state index contributed by atoms with van der Waals surface area (Å²) in [6.07, 6.45) is -0.436. The van der Waals surface area contributed by atoms with E-state index in [4.69, 9.17) is 11.5 Å². The Morgan fingerprint density at radius 3 is 2.43 bits per heavy atom. The number of hydrogen-bond acceptors (Lipinski definition) is 2. The molecule has 4 N–H and O–H groups in total. The van der Waals surface area contributed by atoms with Crippen LogP contribution in [0.25, 0.3) is 10.8 Å². The van der Waals surface area contributed by atoms with Crippen molar-refractivity contribution in [3.05, 3.63) is 46.4 Å². The van der Waals surface area contributed by atoms with Crippen molar-refractivity contribution >= 4 is 26.7 Å². The lowest BCUT2D eigenvalue weighted by atomic mass is 10.1. The Labute approximate surface area is 91.0 Å². The SMILES string of the molecule is NC(N)c1ccc2ccccc2c1Br. The monoisotopic (exact) mass is 250 g/mol. The van der Waals surface area contributed by atoms with Gasteiger partial charge in [-0.05, 0) is 32.3 Å². The van der Waals surface area contributed by atoms with Crippen molar-refractivity contribution in [3.8, 4) is 0 Å². The zero-order valence-electron chi connectivity index (χ0n) is 7.57. The van der Waals surface area contributed by atoms with E-state index in [1.165, 1.54) is 5.39 Å². The van der Waals surface area contributed by atoms with Crippen LogP contribution in [-0.2, 0) is 0 Å². The molecule has 0 aliphatic rings. The summed E-state index contributed by atoms with van der Waals surface area (Å²) in [7, 11) is 0. The molecule has 0 aliphatic heterocycles. The van der Waals surface area contributed by atoms with Crippen molar-refractivity contribution in [1.29, 1.82) is 0 Å². The summed E-state index contributed by atoms with van der Waals surface area (Å²) in [4.78, 5) is 0. The van der Waals surface area contributed by atoms with Crippen LogP contribution in [0.2, 0.25) is 0 Å². The van der Waals surface area contributed by atoms with Crippen LogP contribution in [0.3, 0.4) is 0 Å². The summed E-state index contributed by atoms with van der Waals surface area (Å²) in [5, 5.41) is 2.33. The second-order valence-corrected chi connectivity index (χ2v) is 4.01. The van der Waals surface area contributed by atoms with Crippen LogP contribution >= 0.6 is 15.9 Å². The first-order valence-corrected chi connectivity index (χ1v) is 5.18. The Morgan fingerprint density at radius 1 is 1.00 bits per heavy atom. The van der Waals surface area contributed by atoms with E-state index in [0.717, 1.165) is 15.4 Å². The molecular formula is C11H11BrN2. The molecule has 0 heterocycles. The highest BCUT2D eigenvalue weighted by atomic mass is 79.9. The lowest BCUT2D eigenvalue weighted by Crippen LogP contribution is -2.20. The predicted molar refractivity (Wildman–Crippen MR) is 62.8 cm³/mol. The van der Waals surface area contributed by atoms with Crippen molar-refractivity contribution in [2.75, 3.05) is 0 Å². The highest BCUT2D eigenvalue weighted by Gasteiger charge is 2.07. The molecule has 0 saturated carbocycles. The molecule has 0 amide bonds. The molecule has 0 fully saturated rings. The molecular weight excluding hydrogens is 240 g/mol. The van der Waals surface area contributed by atoms with Gasteiger partial charge in [-0.2, -0.15) is 0 Å². The third-order valence-corrected chi connectivity index (χ3v) is 3.14. The fourth-order valence-electron chi connectivity index (χ4n) is 1.51. The van der Waals surface area contributed by atoms with Gasteiger partial charge < -0.3 is 11.5 Å². The summed E-state index contributed by atoms with van der Waals surface area (Å²) in [6, 6.07) is 12.1. The first kappa shape index (κ1) is 9.65. The van der Waals surface area contributed by atoms with E-state index < -0.39 is 6.17 Å². The van der Waals surface area contributed by atoms with Gasteiger partial charge >= 0.3 is 0 Å². The molecule has 72 valence electrons. The standard InChI is InChI=1S/C11H11BrN2/c12-10-8-4-2-1-3-7(8)5-6-9(10)11(13)14/h1-6,11H,13-14H2. The summed E-state index contributed by atoms with van der Waals surface area (Å²) in [5.41, 5.74) is 12.2. The first-order chi connectivity index (χ1) is 6.70. The largest absolute Gasteiger partial charge is 0.312 e. The molecule has 14 heavy (non-hydrogen) atoms. The average molecular weight is 251 g/mol. The van der Waals surface area contributed by atoms with Crippen molar-refractivity contribution in [3.63, 3.8) is 0 Å². The lowest BCUT2D eigenvalue weighted by Gasteiger charge is -2.10. The molecule has 0 unspecified atom stereocenters.